The van der Waals surface area contributed by atoms with Crippen LogP contribution in [0.3, 0.4) is 0 Å². The molecule has 0 fully saturated rings. The van der Waals surface area contributed by atoms with Crippen molar-refractivity contribution in [2.75, 3.05) is 13.7 Å². The fourth-order valence-electron chi connectivity index (χ4n) is 1.74. The molecule has 1 aromatic heterocycles. The molecule has 0 saturated heterocycles. The van der Waals surface area contributed by atoms with Crippen molar-refractivity contribution in [3.63, 3.8) is 0 Å². The van der Waals surface area contributed by atoms with E-state index < -0.39 is 6.10 Å². The molecular weight excluding hydrogens is 244 g/mol. The lowest BCUT2D eigenvalue weighted by molar-refractivity contribution is 0.198. The zero-order chi connectivity index (χ0) is 13.7. The van der Waals surface area contributed by atoms with Crippen molar-refractivity contribution in [1.29, 1.82) is 0 Å². The van der Waals surface area contributed by atoms with Gasteiger partial charge in [0.15, 0.2) is 11.5 Å². The van der Waals surface area contributed by atoms with E-state index in [2.05, 4.69) is 4.98 Å². The Balaban J connectivity index is 1.99. The third-order valence-corrected chi connectivity index (χ3v) is 2.84. The summed E-state index contributed by atoms with van der Waals surface area (Å²) in [4.78, 5) is 3.97. The van der Waals surface area contributed by atoms with Crippen LogP contribution in [0.5, 0.6) is 11.5 Å². The van der Waals surface area contributed by atoms with E-state index in [-0.39, 0.29) is 0 Å². The maximum atomic E-state index is 9.53. The molecule has 2 aromatic rings. The van der Waals surface area contributed by atoms with Gasteiger partial charge in [-0.1, -0.05) is 6.07 Å². The van der Waals surface area contributed by atoms with Gasteiger partial charge < -0.3 is 19.1 Å². The fourth-order valence-corrected chi connectivity index (χ4v) is 1.74. The summed E-state index contributed by atoms with van der Waals surface area (Å²) in [5.74, 6) is 1.30. The maximum absolute atomic E-state index is 9.53. The summed E-state index contributed by atoms with van der Waals surface area (Å²) in [6.45, 7) is 2.97. The molecule has 0 aliphatic carbocycles. The standard InChI is InChI=1S/C14H18N2O3/c1-11(17)12-3-4-13(14(9-12)18-2)19-8-7-16-6-5-15-10-16/h3-6,9-11,17H,7-8H2,1-2H3. The SMILES string of the molecule is COc1cc(C(C)O)ccc1OCCn1ccnc1. The molecule has 1 aromatic carbocycles. The number of benzene rings is 1. The molecule has 0 radical (unpaired) electrons. The summed E-state index contributed by atoms with van der Waals surface area (Å²) >= 11 is 0. The Morgan fingerprint density at radius 3 is 2.84 bits per heavy atom. The van der Waals surface area contributed by atoms with Crippen molar-refractivity contribution in [3.8, 4) is 11.5 Å². The fraction of sp³-hybridized carbons (Fsp3) is 0.357. The predicted molar refractivity (Wildman–Crippen MR) is 71.3 cm³/mol. The molecule has 1 atom stereocenters. The maximum Gasteiger partial charge on any atom is 0.161 e. The Bertz CT molecular complexity index is 509. The minimum absolute atomic E-state index is 0.520. The third-order valence-electron chi connectivity index (χ3n) is 2.84. The summed E-state index contributed by atoms with van der Waals surface area (Å²) in [7, 11) is 1.59. The monoisotopic (exact) mass is 262 g/mol. The van der Waals surface area contributed by atoms with Crippen LogP contribution in [0.25, 0.3) is 0 Å². The van der Waals surface area contributed by atoms with Gasteiger partial charge in [0.1, 0.15) is 6.61 Å². The molecule has 0 spiro atoms. The number of nitrogens with zero attached hydrogens (tertiary/aromatic N) is 2. The highest BCUT2D eigenvalue weighted by molar-refractivity contribution is 5.43. The molecule has 1 heterocycles. The minimum atomic E-state index is -0.520. The normalized spacial score (nSPS) is 12.2. The predicted octanol–water partition coefficient (Wildman–Crippen LogP) is 2.02. The first-order chi connectivity index (χ1) is 9.20. The number of aliphatic hydroxyl groups is 1. The smallest absolute Gasteiger partial charge is 0.161 e. The number of imidazole rings is 1. The highest BCUT2D eigenvalue weighted by Gasteiger charge is 2.08. The third kappa shape index (κ3) is 3.48. The van der Waals surface area contributed by atoms with Crippen molar-refractivity contribution in [2.24, 2.45) is 0 Å². The van der Waals surface area contributed by atoms with Crippen molar-refractivity contribution in [3.05, 3.63) is 42.5 Å². The van der Waals surface area contributed by atoms with Crippen LogP contribution in [0.1, 0.15) is 18.6 Å². The van der Waals surface area contributed by atoms with Gasteiger partial charge in [0.05, 0.1) is 26.1 Å². The molecule has 0 saturated carbocycles. The van der Waals surface area contributed by atoms with Crippen molar-refractivity contribution >= 4 is 0 Å². The Labute approximate surface area is 112 Å². The van der Waals surface area contributed by atoms with Crippen LogP contribution in [0.4, 0.5) is 0 Å². The van der Waals surface area contributed by atoms with Gasteiger partial charge in [0, 0.05) is 12.4 Å². The first-order valence-corrected chi connectivity index (χ1v) is 6.15. The van der Waals surface area contributed by atoms with Crippen LogP contribution in [0, 0.1) is 0 Å². The molecule has 5 heteroatoms. The van der Waals surface area contributed by atoms with E-state index in [1.165, 1.54) is 0 Å². The van der Waals surface area contributed by atoms with E-state index >= 15 is 0 Å². The number of aromatic nitrogens is 2. The van der Waals surface area contributed by atoms with Gasteiger partial charge in [-0.05, 0) is 24.6 Å². The van der Waals surface area contributed by atoms with Crippen molar-refractivity contribution in [2.45, 2.75) is 19.6 Å². The lowest BCUT2D eigenvalue weighted by atomic mass is 10.1. The number of hydrogen-bond acceptors (Lipinski definition) is 4. The molecular formula is C14H18N2O3. The van der Waals surface area contributed by atoms with E-state index in [1.54, 1.807) is 32.6 Å². The van der Waals surface area contributed by atoms with Crippen LogP contribution in [0.15, 0.2) is 36.9 Å². The lowest BCUT2D eigenvalue weighted by Crippen LogP contribution is -2.07. The highest BCUT2D eigenvalue weighted by atomic mass is 16.5. The second-order valence-corrected chi connectivity index (χ2v) is 4.24. The number of aliphatic hydroxyl groups excluding tert-OH is 1. The number of ether oxygens (including phenoxy) is 2. The van der Waals surface area contributed by atoms with Crippen molar-refractivity contribution in [1.82, 2.24) is 9.55 Å². The largest absolute Gasteiger partial charge is 0.493 e. The van der Waals surface area contributed by atoms with E-state index in [9.17, 15) is 5.11 Å². The second kappa shape index (κ2) is 6.24. The lowest BCUT2D eigenvalue weighted by Gasteiger charge is -2.13. The van der Waals surface area contributed by atoms with Crippen LogP contribution >= 0.6 is 0 Å². The second-order valence-electron chi connectivity index (χ2n) is 4.24. The van der Waals surface area contributed by atoms with Crippen molar-refractivity contribution < 1.29 is 14.6 Å². The van der Waals surface area contributed by atoms with Crippen LogP contribution in [-0.2, 0) is 6.54 Å². The zero-order valence-corrected chi connectivity index (χ0v) is 11.1. The first-order valence-electron chi connectivity index (χ1n) is 6.15. The Morgan fingerprint density at radius 2 is 2.21 bits per heavy atom. The Hall–Kier alpha value is -2.01. The molecule has 19 heavy (non-hydrogen) atoms. The summed E-state index contributed by atoms with van der Waals surface area (Å²) in [6.07, 6.45) is 4.85. The zero-order valence-electron chi connectivity index (χ0n) is 11.1. The van der Waals surface area contributed by atoms with Gasteiger partial charge in [0.25, 0.3) is 0 Å². The molecule has 2 rings (SSSR count). The molecule has 0 amide bonds. The summed E-state index contributed by atoms with van der Waals surface area (Å²) in [5.41, 5.74) is 0.804. The minimum Gasteiger partial charge on any atom is -0.493 e. The van der Waals surface area contributed by atoms with Gasteiger partial charge in [-0.25, -0.2) is 4.98 Å². The summed E-state index contributed by atoms with van der Waals surface area (Å²) in [5, 5.41) is 9.53. The number of methoxy groups -OCH3 is 1. The van der Waals surface area contributed by atoms with E-state index in [4.69, 9.17) is 9.47 Å². The average Bonchev–Trinajstić information content (AvgIpc) is 2.92. The molecule has 1 unspecified atom stereocenters. The van der Waals surface area contributed by atoms with Crippen LogP contribution in [-0.4, -0.2) is 28.4 Å². The van der Waals surface area contributed by atoms with E-state index in [1.807, 2.05) is 22.9 Å². The Kier molecular flexibility index (Phi) is 4.41. The van der Waals surface area contributed by atoms with E-state index in [0.717, 1.165) is 12.1 Å². The molecule has 0 bridgehead atoms. The molecule has 1 N–H and O–H groups in total. The van der Waals surface area contributed by atoms with Gasteiger partial charge in [-0.3, -0.25) is 0 Å². The van der Waals surface area contributed by atoms with Gasteiger partial charge >= 0.3 is 0 Å². The van der Waals surface area contributed by atoms with Gasteiger partial charge in [-0.2, -0.15) is 0 Å². The van der Waals surface area contributed by atoms with Crippen LogP contribution in [0.2, 0.25) is 0 Å². The molecule has 0 aliphatic rings. The number of rotatable bonds is 6. The first kappa shape index (κ1) is 13.4. The number of hydrogen-bond donors (Lipinski definition) is 1. The molecule has 102 valence electrons. The topological polar surface area (TPSA) is 56.5 Å². The molecule has 5 nitrogen and oxygen atoms in total. The Morgan fingerprint density at radius 1 is 1.37 bits per heavy atom. The highest BCUT2D eigenvalue weighted by Crippen LogP contribution is 2.30. The van der Waals surface area contributed by atoms with E-state index in [0.29, 0.717) is 18.1 Å². The average molecular weight is 262 g/mol. The van der Waals surface area contributed by atoms with Gasteiger partial charge in [-0.15, -0.1) is 0 Å². The summed E-state index contributed by atoms with van der Waals surface area (Å²) < 4.78 is 12.9. The molecule has 0 aliphatic heterocycles. The summed E-state index contributed by atoms with van der Waals surface area (Å²) in [6, 6.07) is 5.44. The van der Waals surface area contributed by atoms with Gasteiger partial charge in [0.2, 0.25) is 0 Å². The van der Waals surface area contributed by atoms with Crippen LogP contribution < -0.4 is 9.47 Å². The quantitative estimate of drug-likeness (QED) is 0.865.